The fourth-order valence-electron chi connectivity index (χ4n) is 2.73. The number of carbonyl (C=O) groups excluding carboxylic acids is 1. The molecular weight excluding hydrogens is 252 g/mol. The van der Waals surface area contributed by atoms with Crippen molar-refractivity contribution in [3.63, 3.8) is 0 Å². The number of carbonyl (C=O) groups is 1. The van der Waals surface area contributed by atoms with E-state index in [1.165, 1.54) is 0 Å². The summed E-state index contributed by atoms with van der Waals surface area (Å²) in [6.07, 6.45) is 3.39. The summed E-state index contributed by atoms with van der Waals surface area (Å²) in [5.41, 5.74) is 7.91. The summed E-state index contributed by atoms with van der Waals surface area (Å²) < 4.78 is 1.76. The Kier molecular flexibility index (Phi) is 2.78. The molecule has 5 heteroatoms. The monoisotopic (exact) mass is 270 g/mol. The zero-order chi connectivity index (χ0) is 14.3. The quantitative estimate of drug-likeness (QED) is 0.924. The lowest BCUT2D eigenvalue weighted by molar-refractivity contribution is -0.122. The summed E-state index contributed by atoms with van der Waals surface area (Å²) in [6, 6.07) is 7.97. The average Bonchev–Trinajstić information content (AvgIpc) is 2.91. The molecule has 1 aliphatic heterocycles. The van der Waals surface area contributed by atoms with Crippen LogP contribution >= 0.6 is 0 Å². The molecule has 0 fully saturated rings. The molecule has 5 nitrogen and oxygen atoms in total. The molecule has 1 aliphatic rings. The Bertz CT molecular complexity index is 659. The predicted molar refractivity (Wildman–Crippen MR) is 78.5 cm³/mol. The molecule has 1 aromatic heterocycles. The molecule has 0 saturated heterocycles. The molecule has 2 N–H and O–H groups in total. The second-order valence-corrected chi connectivity index (χ2v) is 5.64. The number of para-hydroxylation sites is 1. The maximum absolute atomic E-state index is 12.6. The highest BCUT2D eigenvalue weighted by Crippen LogP contribution is 2.40. The number of hydrogen-bond acceptors (Lipinski definition) is 3. The van der Waals surface area contributed by atoms with Gasteiger partial charge < -0.3 is 10.6 Å². The standard InChI is InChI=1S/C15H18N4O/c1-15(2)12-5-3-4-6-13(12)19(14(15)20)8-7-18-10-11(16)9-17-18/h3-6,9-10H,7-8,16H2,1-2H3. The van der Waals surface area contributed by atoms with E-state index >= 15 is 0 Å². The third kappa shape index (κ3) is 1.86. The molecule has 20 heavy (non-hydrogen) atoms. The Morgan fingerprint density at radius 2 is 2.00 bits per heavy atom. The van der Waals surface area contributed by atoms with Crippen LogP contribution in [0, 0.1) is 0 Å². The molecule has 0 radical (unpaired) electrons. The summed E-state index contributed by atoms with van der Waals surface area (Å²) in [5.74, 6) is 0.138. The summed E-state index contributed by atoms with van der Waals surface area (Å²) in [5, 5.41) is 4.15. The van der Waals surface area contributed by atoms with Gasteiger partial charge >= 0.3 is 0 Å². The topological polar surface area (TPSA) is 64.2 Å². The van der Waals surface area contributed by atoms with Crippen LogP contribution in [0.1, 0.15) is 19.4 Å². The lowest BCUT2D eigenvalue weighted by Crippen LogP contribution is -2.38. The number of benzene rings is 1. The van der Waals surface area contributed by atoms with Gasteiger partial charge in [-0.1, -0.05) is 18.2 Å². The lowest BCUT2D eigenvalue weighted by atomic mass is 9.86. The minimum Gasteiger partial charge on any atom is -0.396 e. The molecule has 1 aromatic carbocycles. The highest BCUT2D eigenvalue weighted by atomic mass is 16.2. The second kappa shape index (κ2) is 4.37. The largest absolute Gasteiger partial charge is 0.396 e. The lowest BCUT2D eigenvalue weighted by Gasteiger charge is -2.20. The molecule has 0 unspecified atom stereocenters. The first-order valence-electron chi connectivity index (χ1n) is 6.69. The van der Waals surface area contributed by atoms with E-state index in [1.54, 1.807) is 17.1 Å². The van der Waals surface area contributed by atoms with Crippen molar-refractivity contribution in [3.05, 3.63) is 42.2 Å². The Morgan fingerprint density at radius 1 is 1.25 bits per heavy atom. The normalized spacial score (nSPS) is 16.5. The highest BCUT2D eigenvalue weighted by molar-refractivity contribution is 6.07. The first-order valence-corrected chi connectivity index (χ1v) is 6.69. The van der Waals surface area contributed by atoms with E-state index in [2.05, 4.69) is 5.10 Å². The summed E-state index contributed by atoms with van der Waals surface area (Å²) >= 11 is 0. The van der Waals surface area contributed by atoms with E-state index in [9.17, 15) is 4.79 Å². The third-order valence-electron chi connectivity index (χ3n) is 3.85. The average molecular weight is 270 g/mol. The predicted octanol–water partition coefficient (Wildman–Crippen LogP) is 1.79. The fourth-order valence-corrected chi connectivity index (χ4v) is 2.73. The SMILES string of the molecule is CC1(C)C(=O)N(CCn2cc(N)cn2)c2ccccc21. The van der Waals surface area contributed by atoms with Gasteiger partial charge in [0.1, 0.15) is 0 Å². The first-order chi connectivity index (χ1) is 9.50. The number of fused-ring (bicyclic) bond motifs is 1. The van der Waals surface area contributed by atoms with Crippen molar-refractivity contribution in [3.8, 4) is 0 Å². The van der Waals surface area contributed by atoms with E-state index in [-0.39, 0.29) is 5.91 Å². The smallest absolute Gasteiger partial charge is 0.237 e. The highest BCUT2D eigenvalue weighted by Gasteiger charge is 2.43. The van der Waals surface area contributed by atoms with Gasteiger partial charge in [-0.2, -0.15) is 5.10 Å². The van der Waals surface area contributed by atoms with E-state index in [4.69, 9.17) is 5.73 Å². The molecule has 0 spiro atoms. The van der Waals surface area contributed by atoms with Crippen LogP contribution in [0.5, 0.6) is 0 Å². The molecule has 0 aliphatic carbocycles. The van der Waals surface area contributed by atoms with Crippen molar-refractivity contribution >= 4 is 17.3 Å². The fraction of sp³-hybridized carbons (Fsp3) is 0.333. The molecule has 1 amide bonds. The van der Waals surface area contributed by atoms with Gasteiger partial charge in [0, 0.05) is 18.4 Å². The Balaban J connectivity index is 1.85. The van der Waals surface area contributed by atoms with Crippen molar-refractivity contribution in [2.45, 2.75) is 25.8 Å². The van der Waals surface area contributed by atoms with Crippen LogP contribution in [0.25, 0.3) is 0 Å². The maximum Gasteiger partial charge on any atom is 0.237 e. The Labute approximate surface area is 118 Å². The number of nitrogens with zero attached hydrogens (tertiary/aromatic N) is 3. The summed E-state index contributed by atoms with van der Waals surface area (Å²) in [6.45, 7) is 5.17. The van der Waals surface area contributed by atoms with Gasteiger partial charge in [-0.15, -0.1) is 0 Å². The van der Waals surface area contributed by atoms with Crippen molar-refractivity contribution in [2.75, 3.05) is 17.2 Å². The van der Waals surface area contributed by atoms with Gasteiger partial charge in [-0.3, -0.25) is 9.48 Å². The molecule has 0 saturated carbocycles. The summed E-state index contributed by atoms with van der Waals surface area (Å²) in [7, 11) is 0. The number of nitrogens with two attached hydrogens (primary N) is 1. The van der Waals surface area contributed by atoms with E-state index in [0.717, 1.165) is 11.3 Å². The molecule has 104 valence electrons. The molecule has 2 heterocycles. The molecule has 3 rings (SSSR count). The van der Waals surface area contributed by atoms with Gasteiger partial charge in [-0.25, -0.2) is 0 Å². The van der Waals surface area contributed by atoms with Gasteiger partial charge in [-0.05, 0) is 25.5 Å². The Hall–Kier alpha value is -2.30. The van der Waals surface area contributed by atoms with Gasteiger partial charge in [0.25, 0.3) is 0 Å². The molecular formula is C15H18N4O. The van der Waals surface area contributed by atoms with E-state index < -0.39 is 5.41 Å². The maximum atomic E-state index is 12.6. The minimum atomic E-state index is -0.459. The number of amides is 1. The second-order valence-electron chi connectivity index (χ2n) is 5.64. The number of anilines is 2. The van der Waals surface area contributed by atoms with Crippen molar-refractivity contribution < 1.29 is 4.79 Å². The van der Waals surface area contributed by atoms with Gasteiger partial charge in [0.15, 0.2) is 0 Å². The van der Waals surface area contributed by atoms with Crippen LogP contribution in [0.2, 0.25) is 0 Å². The first kappa shape index (κ1) is 12.7. The molecule has 0 atom stereocenters. The van der Waals surface area contributed by atoms with Crippen LogP contribution in [0.4, 0.5) is 11.4 Å². The number of aromatic nitrogens is 2. The van der Waals surface area contributed by atoms with Crippen LogP contribution in [0.15, 0.2) is 36.7 Å². The van der Waals surface area contributed by atoms with E-state index in [1.807, 2.05) is 43.0 Å². The van der Waals surface area contributed by atoms with Gasteiger partial charge in [0.05, 0.1) is 23.8 Å². The third-order valence-corrected chi connectivity index (χ3v) is 3.85. The van der Waals surface area contributed by atoms with Crippen LogP contribution in [-0.4, -0.2) is 22.2 Å². The van der Waals surface area contributed by atoms with E-state index in [0.29, 0.717) is 18.8 Å². The van der Waals surface area contributed by atoms with Crippen LogP contribution < -0.4 is 10.6 Å². The van der Waals surface area contributed by atoms with Crippen molar-refractivity contribution in [1.82, 2.24) is 9.78 Å². The Morgan fingerprint density at radius 3 is 2.70 bits per heavy atom. The van der Waals surface area contributed by atoms with Crippen LogP contribution in [-0.2, 0) is 16.8 Å². The molecule has 0 bridgehead atoms. The minimum absolute atomic E-state index is 0.138. The number of nitrogen functional groups attached to an aromatic ring is 1. The summed E-state index contributed by atoms with van der Waals surface area (Å²) in [4.78, 5) is 14.4. The number of rotatable bonds is 3. The zero-order valence-electron chi connectivity index (χ0n) is 11.7. The van der Waals surface area contributed by atoms with Crippen LogP contribution in [0.3, 0.4) is 0 Å². The zero-order valence-corrected chi connectivity index (χ0v) is 11.7. The number of hydrogen-bond donors (Lipinski definition) is 1. The van der Waals surface area contributed by atoms with Crippen molar-refractivity contribution in [2.24, 2.45) is 0 Å². The van der Waals surface area contributed by atoms with Crippen molar-refractivity contribution in [1.29, 1.82) is 0 Å². The molecule has 2 aromatic rings. The van der Waals surface area contributed by atoms with Gasteiger partial charge in [0.2, 0.25) is 5.91 Å².